The average Bonchev–Trinajstić information content (AvgIpc) is 2.43. The molecule has 1 heterocycles. The maximum atomic E-state index is 13.2. The first-order chi connectivity index (χ1) is 11.4. The Kier molecular flexibility index (Phi) is 5.52. The number of hydroxylamine groups is 3. The molecule has 0 spiro atoms. The van der Waals surface area contributed by atoms with Gasteiger partial charge in [-0.05, 0) is 6.42 Å². The van der Waals surface area contributed by atoms with Crippen molar-refractivity contribution in [3.8, 4) is 0 Å². The summed E-state index contributed by atoms with van der Waals surface area (Å²) >= 11 is 0. The topological polar surface area (TPSA) is 132 Å². The van der Waals surface area contributed by atoms with Crippen LogP contribution in [0.4, 0.5) is 18.0 Å². The fraction of sp³-hybridized carbons (Fsp3) is 0.857. The van der Waals surface area contributed by atoms with E-state index in [4.69, 9.17) is 0 Å². The summed E-state index contributed by atoms with van der Waals surface area (Å²) in [5.41, 5.74) is -9.80. The van der Waals surface area contributed by atoms with Gasteiger partial charge in [0.1, 0.15) is 18.0 Å². The Bertz CT molecular complexity index is 700. The molecular formula is C14H22F3NO7S. The van der Waals surface area contributed by atoms with Crippen LogP contribution in [0, 0.1) is 10.8 Å². The van der Waals surface area contributed by atoms with Crippen LogP contribution in [0.5, 0.6) is 0 Å². The van der Waals surface area contributed by atoms with Crippen molar-refractivity contribution >= 4 is 21.9 Å². The monoisotopic (exact) mass is 405 g/mol. The minimum absolute atomic E-state index is 0.641. The summed E-state index contributed by atoms with van der Waals surface area (Å²) in [6.45, 7) is 4.18. The Morgan fingerprint density at radius 3 is 2.00 bits per heavy atom. The number of hydrogen-bond donors (Lipinski definition) is 2. The van der Waals surface area contributed by atoms with Crippen molar-refractivity contribution in [1.29, 1.82) is 0 Å². The molecule has 8 nitrogen and oxygen atoms in total. The van der Waals surface area contributed by atoms with Crippen LogP contribution in [0.3, 0.4) is 0 Å². The largest absolute Gasteiger partial charge is 0.497 e. The molecule has 0 saturated carbocycles. The number of quaternary nitrogens is 1. The van der Waals surface area contributed by atoms with Crippen molar-refractivity contribution in [2.24, 2.45) is 10.8 Å². The van der Waals surface area contributed by atoms with E-state index in [2.05, 4.69) is 0 Å². The summed E-state index contributed by atoms with van der Waals surface area (Å²) in [6, 6.07) is -1.90. The van der Waals surface area contributed by atoms with E-state index in [0.29, 0.717) is 0 Å². The molecule has 152 valence electrons. The standard InChI is InChI=1S/C14H22F3NO7S/c1-5-13(10(19)20)8(26(24,25)14(15,16)17)6-7-18(23,11(21)22)9(13)12(2,3)4/h8-9,23H,5-7H2,1-4H3,(H-,19,20,21,22)/t8?,9?,13?,18-/m1/s1. The molecule has 1 fully saturated rings. The summed E-state index contributed by atoms with van der Waals surface area (Å²) in [4.78, 5) is 23.7. The number of carbonyl (C=O) groups excluding carboxylic acids is 1. The summed E-state index contributed by atoms with van der Waals surface area (Å²) in [5, 5.41) is 29.5. The number of carbonyl (C=O) groups is 2. The molecule has 3 unspecified atom stereocenters. The molecule has 0 bridgehead atoms. The number of rotatable bonds is 3. The first-order valence-electron chi connectivity index (χ1n) is 7.76. The number of halogens is 3. The zero-order valence-corrected chi connectivity index (χ0v) is 15.5. The molecule has 0 aliphatic carbocycles. The molecular weight excluding hydrogens is 383 g/mol. The van der Waals surface area contributed by atoms with Crippen molar-refractivity contribution in [3.05, 3.63) is 0 Å². The molecule has 12 heteroatoms. The molecule has 4 atom stereocenters. The number of carboxylic acids is 1. The first kappa shape index (κ1) is 22.6. The quantitative estimate of drug-likeness (QED) is 0.531. The predicted molar refractivity (Wildman–Crippen MR) is 79.3 cm³/mol. The van der Waals surface area contributed by atoms with E-state index >= 15 is 0 Å². The number of alkyl halides is 3. The summed E-state index contributed by atoms with van der Waals surface area (Å²) in [7, 11) is -5.95. The second-order valence-corrected chi connectivity index (χ2v) is 9.67. The lowest BCUT2D eigenvalue weighted by molar-refractivity contribution is -1.08. The van der Waals surface area contributed by atoms with Crippen LogP contribution in [-0.2, 0) is 14.6 Å². The number of sulfone groups is 1. The zero-order valence-electron chi connectivity index (χ0n) is 14.7. The molecule has 1 amide bonds. The smallest absolute Gasteiger partial charge is 0.496 e. The van der Waals surface area contributed by atoms with Crippen molar-refractivity contribution in [3.63, 3.8) is 0 Å². The summed E-state index contributed by atoms with van der Waals surface area (Å²) in [6.07, 6.45) is -3.75. The minimum atomic E-state index is -5.95. The van der Waals surface area contributed by atoms with E-state index in [1.165, 1.54) is 20.8 Å². The normalized spacial score (nSPS) is 33.7. The van der Waals surface area contributed by atoms with Crippen LogP contribution in [0.15, 0.2) is 0 Å². The highest BCUT2D eigenvalue weighted by molar-refractivity contribution is 7.93. The van der Waals surface area contributed by atoms with Crippen molar-refractivity contribution in [2.45, 2.75) is 57.3 Å². The Balaban J connectivity index is 3.92. The molecule has 26 heavy (non-hydrogen) atoms. The zero-order chi connectivity index (χ0) is 20.9. The van der Waals surface area contributed by atoms with Crippen molar-refractivity contribution in [2.75, 3.05) is 6.54 Å². The number of amides is 1. The molecule has 2 N–H and O–H groups in total. The second-order valence-electron chi connectivity index (χ2n) is 7.55. The molecule has 0 aromatic heterocycles. The fourth-order valence-corrected chi connectivity index (χ4v) is 5.98. The molecule has 0 aromatic carbocycles. The maximum absolute atomic E-state index is 13.2. The highest BCUT2D eigenvalue weighted by Gasteiger charge is 2.73. The van der Waals surface area contributed by atoms with Gasteiger partial charge in [0.05, 0.1) is 5.25 Å². The van der Waals surface area contributed by atoms with Crippen LogP contribution in [0.1, 0.15) is 40.5 Å². The van der Waals surface area contributed by atoms with Gasteiger partial charge in [0, 0.05) is 11.8 Å². The number of aliphatic carboxylic acids is 1. The van der Waals surface area contributed by atoms with Gasteiger partial charge in [-0.3, -0.25) is 4.79 Å². The lowest BCUT2D eigenvalue weighted by Gasteiger charge is -2.55. The SMILES string of the molecule is CCC1(C(=O)O)C(C(C)(C)C)[N@@+](O)(C(=O)[O-])CCC1S(=O)(=O)C(F)(F)F. The highest BCUT2D eigenvalue weighted by atomic mass is 32.2. The van der Waals surface area contributed by atoms with Gasteiger partial charge in [-0.15, -0.1) is 4.65 Å². The molecule has 0 radical (unpaired) electrons. The van der Waals surface area contributed by atoms with Crippen LogP contribution >= 0.6 is 0 Å². The van der Waals surface area contributed by atoms with Gasteiger partial charge in [-0.1, -0.05) is 27.7 Å². The number of likely N-dealkylation sites (tertiary alicyclic amines) is 1. The first-order valence-corrected chi connectivity index (χ1v) is 9.31. The van der Waals surface area contributed by atoms with Gasteiger partial charge in [0.2, 0.25) is 0 Å². The van der Waals surface area contributed by atoms with E-state index in [-0.39, 0.29) is 0 Å². The number of nitrogens with zero attached hydrogens (tertiary/aromatic N) is 1. The van der Waals surface area contributed by atoms with Crippen molar-refractivity contribution in [1.82, 2.24) is 0 Å². The van der Waals surface area contributed by atoms with E-state index in [0.717, 1.165) is 6.92 Å². The molecule has 1 aliphatic heterocycles. The maximum Gasteiger partial charge on any atom is 0.497 e. The lowest BCUT2D eigenvalue weighted by Crippen LogP contribution is -2.78. The molecule has 1 rings (SSSR count). The molecule has 0 aromatic rings. The predicted octanol–water partition coefficient (Wildman–Crippen LogP) is 1.14. The van der Waals surface area contributed by atoms with Gasteiger partial charge < -0.3 is 15.0 Å². The molecule has 1 aliphatic rings. The van der Waals surface area contributed by atoms with Gasteiger partial charge >= 0.3 is 11.5 Å². The van der Waals surface area contributed by atoms with Gasteiger partial charge in [0.25, 0.3) is 15.9 Å². The Labute approximate surface area is 148 Å². The van der Waals surface area contributed by atoms with E-state index in [1.807, 2.05) is 0 Å². The highest BCUT2D eigenvalue weighted by Crippen LogP contribution is 2.53. The third kappa shape index (κ3) is 3.07. The van der Waals surface area contributed by atoms with Gasteiger partial charge in [-0.25, -0.2) is 13.6 Å². The van der Waals surface area contributed by atoms with Crippen LogP contribution in [0.2, 0.25) is 0 Å². The third-order valence-corrected chi connectivity index (χ3v) is 7.09. The molecule has 1 saturated heterocycles. The third-order valence-electron chi connectivity index (χ3n) is 5.04. The Morgan fingerprint density at radius 2 is 1.73 bits per heavy atom. The number of piperidine rings is 1. The lowest BCUT2D eigenvalue weighted by atomic mass is 9.62. The van der Waals surface area contributed by atoms with Gasteiger partial charge in [0.15, 0.2) is 0 Å². The van der Waals surface area contributed by atoms with E-state index in [9.17, 15) is 46.6 Å². The van der Waals surface area contributed by atoms with Crippen molar-refractivity contribution < 1.29 is 51.2 Å². The Hall–Kier alpha value is -1.40. The van der Waals surface area contributed by atoms with Crippen LogP contribution < -0.4 is 5.11 Å². The van der Waals surface area contributed by atoms with Gasteiger partial charge in [-0.2, -0.15) is 13.2 Å². The second kappa shape index (κ2) is 6.34. The minimum Gasteiger partial charge on any atom is -0.496 e. The van der Waals surface area contributed by atoms with Crippen LogP contribution in [0.25, 0.3) is 0 Å². The summed E-state index contributed by atoms with van der Waals surface area (Å²) < 4.78 is 61.7. The Morgan fingerprint density at radius 1 is 1.27 bits per heavy atom. The number of hydrogen-bond acceptors (Lipinski definition) is 6. The number of carboxylic acid groups (broad SMARTS) is 2. The fourth-order valence-electron chi connectivity index (χ4n) is 4.29. The summed E-state index contributed by atoms with van der Waals surface area (Å²) in [5.74, 6) is -1.92. The van der Waals surface area contributed by atoms with E-state index in [1.54, 1.807) is 0 Å². The van der Waals surface area contributed by atoms with Crippen LogP contribution in [-0.4, -0.2) is 58.8 Å². The van der Waals surface area contributed by atoms with E-state index < -0.39 is 73.6 Å². The average molecular weight is 405 g/mol.